The van der Waals surface area contributed by atoms with E-state index in [1.165, 1.54) is 25.7 Å². The maximum atomic E-state index is 13.7. The summed E-state index contributed by atoms with van der Waals surface area (Å²) in [5.74, 6) is 4.09. The Kier molecular flexibility index (Phi) is 7.57. The first-order chi connectivity index (χ1) is 17.3. The Balaban J connectivity index is 1.29. The summed E-state index contributed by atoms with van der Waals surface area (Å²) in [6.07, 6.45) is 2.69. The molecule has 6 nitrogen and oxygen atoms in total. The van der Waals surface area contributed by atoms with Crippen LogP contribution in [0.15, 0.2) is 12.1 Å². The van der Waals surface area contributed by atoms with E-state index in [1.807, 2.05) is 0 Å². The molecule has 0 saturated heterocycles. The molecule has 0 aliphatic heterocycles. The van der Waals surface area contributed by atoms with E-state index in [-0.39, 0.29) is 11.2 Å². The third-order valence-corrected chi connectivity index (χ3v) is 13.3. The molecule has 206 valence electrons. The summed E-state index contributed by atoms with van der Waals surface area (Å²) in [5, 5.41) is -5.09. The van der Waals surface area contributed by atoms with Gasteiger partial charge in [0.1, 0.15) is 11.4 Å². The van der Waals surface area contributed by atoms with Crippen molar-refractivity contribution in [3.8, 4) is 5.75 Å². The van der Waals surface area contributed by atoms with Gasteiger partial charge in [0.05, 0.1) is 15.7 Å². The van der Waals surface area contributed by atoms with Crippen molar-refractivity contribution in [1.82, 2.24) is 0 Å². The Morgan fingerprint density at radius 1 is 1.19 bits per heavy atom. The first-order valence-corrected chi connectivity index (χ1v) is 16.2. The SMILES string of the molecule is CCC1(Oc2cc(C(=O)OCCC(F)C(F)(F)S(=O)(=O)[O-])cc(I)c2I)CC2CC1C1C3CCC(C3)C21. The van der Waals surface area contributed by atoms with Gasteiger partial charge in [-0.05, 0) is 125 Å². The molecule has 0 spiro atoms. The molecule has 4 fully saturated rings. The fourth-order valence-corrected chi connectivity index (χ4v) is 9.38. The average Bonchev–Trinajstić information content (AvgIpc) is 3.60. The molecule has 0 radical (unpaired) electrons. The van der Waals surface area contributed by atoms with Gasteiger partial charge in [-0.25, -0.2) is 17.6 Å². The minimum Gasteiger partial charge on any atom is -0.743 e. The Bertz CT molecular complexity index is 1200. The van der Waals surface area contributed by atoms with Gasteiger partial charge in [0.2, 0.25) is 0 Å². The number of ether oxygens (including phenoxy) is 2. The minimum atomic E-state index is -6.17. The van der Waals surface area contributed by atoms with Crippen LogP contribution in [0.1, 0.15) is 62.2 Å². The molecule has 0 amide bonds. The normalized spacial score (nSPS) is 35.0. The zero-order valence-corrected chi connectivity index (χ0v) is 25.2. The third kappa shape index (κ3) is 4.70. The van der Waals surface area contributed by atoms with Crippen LogP contribution in [-0.4, -0.2) is 42.6 Å². The first-order valence-electron chi connectivity index (χ1n) is 12.6. The number of hydrogen-bond acceptors (Lipinski definition) is 6. The topological polar surface area (TPSA) is 92.7 Å². The lowest BCUT2D eigenvalue weighted by molar-refractivity contribution is -0.0470. The van der Waals surface area contributed by atoms with Crippen molar-refractivity contribution in [2.24, 2.45) is 35.5 Å². The summed E-state index contributed by atoms with van der Waals surface area (Å²) >= 11 is 4.27. The molecule has 4 bridgehead atoms. The van der Waals surface area contributed by atoms with Crippen molar-refractivity contribution in [3.05, 3.63) is 24.8 Å². The number of carbonyl (C=O) groups is 1. The molecule has 8 atom stereocenters. The molecular weight excluding hydrogens is 739 g/mol. The summed E-state index contributed by atoms with van der Waals surface area (Å²) in [6, 6.07) is 3.16. The second-order valence-electron chi connectivity index (χ2n) is 11.0. The number of hydrogen-bond donors (Lipinski definition) is 0. The summed E-state index contributed by atoms with van der Waals surface area (Å²) in [7, 11) is -6.17. The monoisotopic (exact) mass is 767 g/mol. The zero-order chi connectivity index (χ0) is 26.9. The highest BCUT2D eigenvalue weighted by molar-refractivity contribution is 14.1. The fourth-order valence-electron chi connectivity index (χ4n) is 7.93. The lowest BCUT2D eigenvalue weighted by Crippen LogP contribution is -2.48. The van der Waals surface area contributed by atoms with E-state index in [2.05, 4.69) is 52.1 Å². The van der Waals surface area contributed by atoms with Gasteiger partial charge in [-0.15, -0.1) is 0 Å². The molecule has 1 aromatic rings. The van der Waals surface area contributed by atoms with Crippen LogP contribution in [0.4, 0.5) is 13.2 Å². The van der Waals surface area contributed by atoms with Crippen LogP contribution in [0.3, 0.4) is 0 Å². The predicted molar refractivity (Wildman–Crippen MR) is 144 cm³/mol. The van der Waals surface area contributed by atoms with E-state index in [0.717, 1.165) is 37.7 Å². The molecule has 4 saturated carbocycles. The van der Waals surface area contributed by atoms with Gasteiger partial charge in [-0.1, -0.05) is 6.92 Å². The van der Waals surface area contributed by atoms with Crippen LogP contribution in [-0.2, 0) is 14.9 Å². The minimum absolute atomic E-state index is 0.130. The molecule has 37 heavy (non-hydrogen) atoms. The number of halogens is 5. The quantitative estimate of drug-likeness (QED) is 0.130. The van der Waals surface area contributed by atoms with Crippen LogP contribution >= 0.6 is 45.2 Å². The predicted octanol–water partition coefficient (Wildman–Crippen LogP) is 6.15. The molecule has 0 N–H and O–H groups in total. The highest BCUT2D eigenvalue weighted by Crippen LogP contribution is 2.70. The average molecular weight is 767 g/mol. The molecular formula is C25H28F3I2O6S-. The molecule has 5 rings (SSSR count). The van der Waals surface area contributed by atoms with E-state index < -0.39 is 40.5 Å². The van der Waals surface area contributed by atoms with Gasteiger partial charge in [0.15, 0.2) is 16.3 Å². The number of esters is 1. The van der Waals surface area contributed by atoms with Crippen molar-refractivity contribution in [2.45, 2.75) is 68.9 Å². The molecule has 4 aliphatic rings. The largest absolute Gasteiger partial charge is 0.743 e. The van der Waals surface area contributed by atoms with E-state index in [0.29, 0.717) is 23.5 Å². The maximum absolute atomic E-state index is 13.7. The van der Waals surface area contributed by atoms with Crippen molar-refractivity contribution < 1.29 is 40.4 Å². The lowest BCUT2D eigenvalue weighted by Gasteiger charge is -2.46. The molecule has 0 heterocycles. The number of fused-ring (bicyclic) bond motifs is 9. The molecule has 8 unspecified atom stereocenters. The first kappa shape index (κ1) is 28.2. The van der Waals surface area contributed by atoms with Gasteiger partial charge in [0, 0.05) is 15.9 Å². The van der Waals surface area contributed by atoms with Crippen LogP contribution in [0.5, 0.6) is 5.75 Å². The van der Waals surface area contributed by atoms with E-state index in [1.54, 1.807) is 12.1 Å². The van der Waals surface area contributed by atoms with Crippen molar-refractivity contribution in [1.29, 1.82) is 0 Å². The third-order valence-electron chi connectivity index (χ3n) is 9.34. The standard InChI is InChI=1S/C25H29F3I2O6S/c1-2-24(11-15-8-16(24)21-13-4-3-12(7-13)20(15)21)36-18-10-14(9-17(29)22(18)30)23(31)35-6-5-19(26)25(27,28)37(32,33)34/h9-10,12-13,15-16,19-21H,2-8,11H2,1H3,(H,32,33,34)/p-1. The second-order valence-corrected chi connectivity index (χ2v) is 14.7. The zero-order valence-electron chi connectivity index (χ0n) is 20.1. The van der Waals surface area contributed by atoms with E-state index in [4.69, 9.17) is 9.47 Å². The lowest BCUT2D eigenvalue weighted by atomic mass is 9.65. The number of carbonyl (C=O) groups excluding carboxylic acids is 1. The van der Waals surface area contributed by atoms with Crippen LogP contribution in [0.25, 0.3) is 0 Å². The molecule has 4 aliphatic carbocycles. The Morgan fingerprint density at radius 3 is 2.51 bits per heavy atom. The van der Waals surface area contributed by atoms with Gasteiger partial charge in [0.25, 0.3) is 0 Å². The van der Waals surface area contributed by atoms with Gasteiger partial charge >= 0.3 is 11.2 Å². The number of rotatable bonds is 9. The Morgan fingerprint density at radius 2 is 1.86 bits per heavy atom. The van der Waals surface area contributed by atoms with E-state index >= 15 is 0 Å². The summed E-state index contributed by atoms with van der Waals surface area (Å²) in [4.78, 5) is 12.7. The van der Waals surface area contributed by atoms with Crippen LogP contribution in [0, 0.1) is 42.6 Å². The highest BCUT2D eigenvalue weighted by atomic mass is 127. The van der Waals surface area contributed by atoms with Crippen LogP contribution < -0.4 is 4.74 Å². The van der Waals surface area contributed by atoms with Gasteiger partial charge in [-0.3, -0.25) is 0 Å². The summed E-state index contributed by atoms with van der Waals surface area (Å²) in [6.45, 7) is 1.35. The smallest absolute Gasteiger partial charge is 0.364 e. The van der Waals surface area contributed by atoms with Crippen LogP contribution in [0.2, 0.25) is 0 Å². The van der Waals surface area contributed by atoms with Gasteiger partial charge < -0.3 is 14.0 Å². The van der Waals surface area contributed by atoms with Crippen molar-refractivity contribution in [3.63, 3.8) is 0 Å². The number of alkyl halides is 3. The second kappa shape index (κ2) is 9.93. The van der Waals surface area contributed by atoms with Crippen molar-refractivity contribution in [2.75, 3.05) is 6.61 Å². The number of benzene rings is 1. The van der Waals surface area contributed by atoms with Crippen molar-refractivity contribution >= 4 is 61.3 Å². The Labute approximate surface area is 241 Å². The fraction of sp³-hybridized carbons (Fsp3) is 0.720. The van der Waals surface area contributed by atoms with Gasteiger partial charge in [-0.2, -0.15) is 8.78 Å². The molecule has 0 aromatic heterocycles. The maximum Gasteiger partial charge on any atom is 0.364 e. The Hall–Kier alpha value is -0.350. The summed E-state index contributed by atoms with van der Waals surface area (Å²) < 4.78 is 85.5. The highest BCUT2D eigenvalue weighted by Gasteiger charge is 2.67. The van der Waals surface area contributed by atoms with E-state index in [9.17, 15) is 30.9 Å². The summed E-state index contributed by atoms with van der Waals surface area (Å²) in [5.41, 5.74) is -0.163. The molecule has 12 heteroatoms. The molecule has 1 aromatic carbocycles.